The van der Waals surface area contributed by atoms with Crippen molar-refractivity contribution in [3.05, 3.63) is 72.9 Å². The minimum Gasteiger partial charge on any atom is -0.462 e. The van der Waals surface area contributed by atoms with Gasteiger partial charge in [0.25, 0.3) is 0 Å². The summed E-state index contributed by atoms with van der Waals surface area (Å²) in [4.78, 5) is 35.0. The molecule has 0 aliphatic heterocycles. The molecule has 328 valence electrons. The van der Waals surface area contributed by atoms with Crippen molar-refractivity contribution in [2.45, 2.75) is 180 Å². The van der Waals surface area contributed by atoms with Crippen molar-refractivity contribution in [2.75, 3.05) is 26.4 Å². The first kappa shape index (κ1) is 54.4. The number of hydrogen-bond acceptors (Lipinski definition) is 9. The van der Waals surface area contributed by atoms with Crippen molar-refractivity contribution < 1.29 is 47.8 Å². The van der Waals surface area contributed by atoms with E-state index >= 15 is 0 Å². The van der Waals surface area contributed by atoms with Gasteiger partial charge in [0, 0.05) is 12.8 Å². The zero-order valence-electron chi connectivity index (χ0n) is 35.5. The van der Waals surface area contributed by atoms with E-state index in [0.29, 0.717) is 19.3 Å². The molecular formula is C46H79O10P. The van der Waals surface area contributed by atoms with Crippen LogP contribution in [0.1, 0.15) is 168 Å². The zero-order chi connectivity index (χ0) is 41.9. The Bertz CT molecular complexity index is 1180. The van der Waals surface area contributed by atoms with Gasteiger partial charge in [-0.2, -0.15) is 0 Å². The summed E-state index contributed by atoms with van der Waals surface area (Å²) in [5.41, 5.74) is 0. The van der Waals surface area contributed by atoms with E-state index < -0.39 is 51.8 Å². The molecule has 0 rings (SSSR count). The lowest BCUT2D eigenvalue weighted by molar-refractivity contribution is -0.161. The normalized spacial score (nSPS) is 14.5. The van der Waals surface area contributed by atoms with Gasteiger partial charge < -0.3 is 24.6 Å². The molecule has 3 atom stereocenters. The summed E-state index contributed by atoms with van der Waals surface area (Å²) in [6.45, 7) is 2.24. The highest BCUT2D eigenvalue weighted by Crippen LogP contribution is 2.43. The van der Waals surface area contributed by atoms with Crippen LogP contribution >= 0.6 is 7.82 Å². The lowest BCUT2D eigenvalue weighted by Crippen LogP contribution is -2.29. The molecule has 0 saturated carbocycles. The Morgan fingerprint density at radius 3 is 1.42 bits per heavy atom. The van der Waals surface area contributed by atoms with E-state index in [-0.39, 0.29) is 19.4 Å². The van der Waals surface area contributed by atoms with E-state index in [1.807, 2.05) is 12.2 Å². The molecule has 3 N–H and O–H groups in total. The van der Waals surface area contributed by atoms with Gasteiger partial charge in [0.15, 0.2) is 6.10 Å². The molecule has 0 amide bonds. The van der Waals surface area contributed by atoms with Crippen LogP contribution < -0.4 is 0 Å². The number of carbonyl (C=O) groups is 2. The Labute approximate surface area is 346 Å². The van der Waals surface area contributed by atoms with E-state index in [9.17, 15) is 24.2 Å². The first-order valence-corrected chi connectivity index (χ1v) is 23.4. The summed E-state index contributed by atoms with van der Waals surface area (Å²) in [7, 11) is -4.64. The van der Waals surface area contributed by atoms with Crippen LogP contribution in [-0.4, -0.2) is 65.7 Å². The second kappa shape index (κ2) is 41.6. The fraction of sp³-hybridized carbons (Fsp3) is 0.696. The monoisotopic (exact) mass is 823 g/mol. The predicted octanol–water partition coefficient (Wildman–Crippen LogP) is 11.7. The number of rotatable bonds is 40. The fourth-order valence-electron chi connectivity index (χ4n) is 5.43. The summed E-state index contributed by atoms with van der Waals surface area (Å²) < 4.78 is 32.6. The number of phosphoric ester groups is 1. The van der Waals surface area contributed by atoms with Crippen LogP contribution in [0.3, 0.4) is 0 Å². The third kappa shape index (κ3) is 41.4. The van der Waals surface area contributed by atoms with Crippen LogP contribution in [0.4, 0.5) is 0 Å². The largest absolute Gasteiger partial charge is 0.472 e. The van der Waals surface area contributed by atoms with E-state index in [1.165, 1.54) is 64.2 Å². The number of esters is 2. The second-order valence-electron chi connectivity index (χ2n) is 14.4. The third-order valence-corrected chi connectivity index (χ3v) is 9.78. The Kier molecular flexibility index (Phi) is 39.7. The van der Waals surface area contributed by atoms with Gasteiger partial charge in [0.05, 0.1) is 19.8 Å². The maximum Gasteiger partial charge on any atom is 0.472 e. The number of unbranched alkanes of at least 4 members (excludes halogenated alkanes) is 14. The lowest BCUT2D eigenvalue weighted by atomic mass is 10.1. The van der Waals surface area contributed by atoms with Crippen LogP contribution in [0.15, 0.2) is 72.9 Å². The number of carbonyl (C=O) groups excluding carboxylic acids is 2. The zero-order valence-corrected chi connectivity index (χ0v) is 36.4. The molecule has 0 radical (unpaired) electrons. The van der Waals surface area contributed by atoms with Crippen LogP contribution in [0.25, 0.3) is 0 Å². The molecule has 0 aromatic rings. The van der Waals surface area contributed by atoms with Gasteiger partial charge in [-0.25, -0.2) is 4.57 Å². The molecule has 0 fully saturated rings. The van der Waals surface area contributed by atoms with E-state index in [4.69, 9.17) is 19.1 Å². The third-order valence-electron chi connectivity index (χ3n) is 8.83. The fourth-order valence-corrected chi connectivity index (χ4v) is 6.22. The summed E-state index contributed by atoms with van der Waals surface area (Å²) in [5, 5.41) is 18.3. The maximum atomic E-state index is 12.6. The lowest BCUT2D eigenvalue weighted by Gasteiger charge is -2.20. The molecule has 1 unspecified atom stereocenters. The Morgan fingerprint density at radius 1 is 0.526 bits per heavy atom. The Balaban J connectivity index is 4.41. The number of aliphatic hydroxyl groups is 2. The van der Waals surface area contributed by atoms with Gasteiger partial charge in [0.1, 0.15) is 12.7 Å². The molecule has 0 aromatic carbocycles. The molecule has 0 spiro atoms. The summed E-state index contributed by atoms with van der Waals surface area (Å²) >= 11 is 0. The minimum absolute atomic E-state index is 0.103. The molecule has 0 bridgehead atoms. The van der Waals surface area contributed by atoms with Crippen molar-refractivity contribution in [1.82, 2.24) is 0 Å². The number of phosphoric acid groups is 1. The van der Waals surface area contributed by atoms with Crippen molar-refractivity contribution >= 4 is 19.8 Å². The van der Waals surface area contributed by atoms with Gasteiger partial charge >= 0.3 is 19.8 Å². The second-order valence-corrected chi connectivity index (χ2v) is 15.8. The number of aliphatic hydroxyl groups excluding tert-OH is 2. The minimum atomic E-state index is -4.64. The highest BCUT2D eigenvalue weighted by molar-refractivity contribution is 7.47. The number of allylic oxidation sites excluding steroid dienone is 12. The first-order valence-electron chi connectivity index (χ1n) is 21.9. The smallest absolute Gasteiger partial charge is 0.462 e. The topological polar surface area (TPSA) is 149 Å². The molecule has 0 aliphatic carbocycles. The highest BCUT2D eigenvalue weighted by Gasteiger charge is 2.27. The summed E-state index contributed by atoms with van der Waals surface area (Å²) in [5.74, 6) is -1.00. The Morgan fingerprint density at radius 2 is 0.930 bits per heavy atom. The predicted molar refractivity (Wildman–Crippen MR) is 233 cm³/mol. The van der Waals surface area contributed by atoms with Crippen molar-refractivity contribution in [3.63, 3.8) is 0 Å². The van der Waals surface area contributed by atoms with Crippen molar-refractivity contribution in [3.8, 4) is 0 Å². The molecule has 0 saturated heterocycles. The SMILES string of the molecule is CCCCC/C=C/C/C=C/C/C=C/C/C=C/CCCC(=O)O[C@H](COC(=O)CCCCCCCCC/C=C/C/C=C/CCCCC)COP(=O)(O)OC[C@@H](O)CO. The van der Waals surface area contributed by atoms with Gasteiger partial charge in [0.2, 0.25) is 0 Å². The van der Waals surface area contributed by atoms with Crippen LogP contribution in [0, 0.1) is 0 Å². The first-order chi connectivity index (χ1) is 27.7. The van der Waals surface area contributed by atoms with Crippen molar-refractivity contribution in [2.24, 2.45) is 0 Å². The number of hydrogen-bond donors (Lipinski definition) is 3. The molecule has 57 heavy (non-hydrogen) atoms. The molecule has 0 aromatic heterocycles. The quantitative estimate of drug-likeness (QED) is 0.0236. The standard InChI is InChI=1S/C46H79O10P/c1-3-5-7-9-11-13-15-17-19-21-23-25-27-29-31-33-35-37-45(49)53-41-44(42-55-57(51,52)54-40-43(48)39-47)56-46(50)38-36-34-32-30-28-26-24-22-20-18-16-14-12-10-8-6-4-2/h11-14,17-20,24,26,30,32,43-44,47-48H,3-10,15-16,21-23,25,27-29,31,33-42H2,1-2H3,(H,51,52)/b13-11+,14-12+,19-17+,20-18+,26-24+,32-30+/t43-,44+/m0/s1. The Hall–Kier alpha value is -2.59. The average Bonchev–Trinajstić information content (AvgIpc) is 3.20. The summed E-state index contributed by atoms with van der Waals surface area (Å²) in [6.07, 6.45) is 47.3. The van der Waals surface area contributed by atoms with Crippen LogP contribution in [0.2, 0.25) is 0 Å². The van der Waals surface area contributed by atoms with Gasteiger partial charge in [-0.3, -0.25) is 18.6 Å². The van der Waals surface area contributed by atoms with E-state index in [2.05, 4.69) is 79.1 Å². The van der Waals surface area contributed by atoms with Gasteiger partial charge in [-0.15, -0.1) is 0 Å². The molecule has 11 heteroatoms. The summed E-state index contributed by atoms with van der Waals surface area (Å²) in [6, 6.07) is 0. The molecule has 10 nitrogen and oxygen atoms in total. The van der Waals surface area contributed by atoms with Crippen molar-refractivity contribution in [1.29, 1.82) is 0 Å². The molecular weight excluding hydrogens is 743 g/mol. The van der Waals surface area contributed by atoms with E-state index in [1.54, 1.807) is 0 Å². The van der Waals surface area contributed by atoms with Crippen LogP contribution in [-0.2, 0) is 32.7 Å². The number of ether oxygens (including phenoxy) is 2. The molecule has 0 heterocycles. The van der Waals surface area contributed by atoms with Gasteiger partial charge in [-0.1, -0.05) is 145 Å². The molecule has 0 aliphatic rings. The highest BCUT2D eigenvalue weighted by atomic mass is 31.2. The average molecular weight is 823 g/mol. The van der Waals surface area contributed by atoms with E-state index in [0.717, 1.165) is 57.8 Å². The maximum absolute atomic E-state index is 12.6. The van der Waals surface area contributed by atoms with Crippen LogP contribution in [0.5, 0.6) is 0 Å². The van der Waals surface area contributed by atoms with Gasteiger partial charge in [-0.05, 0) is 83.5 Å².